The molecule has 1 aliphatic rings. The van der Waals surface area contributed by atoms with Crippen molar-refractivity contribution in [2.24, 2.45) is 0 Å². The molecule has 0 aromatic heterocycles. The van der Waals surface area contributed by atoms with Gasteiger partial charge in [0.05, 0.1) is 19.1 Å². The lowest BCUT2D eigenvalue weighted by Crippen LogP contribution is -2.37. The quantitative estimate of drug-likeness (QED) is 0.627. The Hall–Kier alpha value is -0.180. The average Bonchev–Trinajstić information content (AvgIpc) is 2.45. The standard InChI is InChI=1S/C7H15NO5S2/c1-14(9,10)8-5-3-4-7(8)6-13-15(2,11)12/h7H,3-6H2,1-2H3/t7-/m0/s1. The maximum Gasteiger partial charge on any atom is 0.264 e. The highest BCUT2D eigenvalue weighted by molar-refractivity contribution is 7.88. The molecular weight excluding hydrogens is 242 g/mol. The predicted octanol–water partition coefficient (Wildman–Crippen LogP) is -0.613. The van der Waals surface area contributed by atoms with E-state index in [4.69, 9.17) is 0 Å². The molecule has 0 N–H and O–H groups in total. The summed E-state index contributed by atoms with van der Waals surface area (Å²) in [5, 5.41) is 0. The number of rotatable bonds is 4. The highest BCUT2D eigenvalue weighted by Gasteiger charge is 2.32. The molecule has 1 heterocycles. The Balaban J connectivity index is 2.63. The molecule has 6 nitrogen and oxygen atoms in total. The summed E-state index contributed by atoms with van der Waals surface area (Å²) in [5.74, 6) is 0. The molecule has 1 fully saturated rings. The lowest BCUT2D eigenvalue weighted by Gasteiger charge is -2.21. The van der Waals surface area contributed by atoms with Crippen molar-refractivity contribution >= 4 is 20.1 Å². The topological polar surface area (TPSA) is 80.8 Å². The van der Waals surface area contributed by atoms with Crippen LogP contribution in [0.2, 0.25) is 0 Å². The Labute approximate surface area is 90.4 Å². The summed E-state index contributed by atoms with van der Waals surface area (Å²) >= 11 is 0. The van der Waals surface area contributed by atoms with Gasteiger partial charge in [0.2, 0.25) is 10.0 Å². The Morgan fingerprint density at radius 3 is 2.33 bits per heavy atom. The van der Waals surface area contributed by atoms with Crippen LogP contribution in [-0.4, -0.2) is 52.8 Å². The van der Waals surface area contributed by atoms with E-state index in [1.165, 1.54) is 4.31 Å². The molecule has 0 radical (unpaired) electrons. The first-order valence-corrected chi connectivity index (χ1v) is 8.18. The van der Waals surface area contributed by atoms with E-state index in [-0.39, 0.29) is 12.6 Å². The van der Waals surface area contributed by atoms with Gasteiger partial charge in [0, 0.05) is 12.6 Å². The predicted molar refractivity (Wildman–Crippen MR) is 55.4 cm³/mol. The molecule has 0 saturated carbocycles. The van der Waals surface area contributed by atoms with Crippen LogP contribution in [0.1, 0.15) is 12.8 Å². The van der Waals surface area contributed by atoms with Crippen molar-refractivity contribution in [3.63, 3.8) is 0 Å². The van der Waals surface area contributed by atoms with Crippen molar-refractivity contribution < 1.29 is 21.0 Å². The van der Waals surface area contributed by atoms with E-state index in [1.54, 1.807) is 0 Å². The summed E-state index contributed by atoms with van der Waals surface area (Å²) in [6, 6.07) is -0.352. The largest absolute Gasteiger partial charge is 0.269 e. The lowest BCUT2D eigenvalue weighted by atomic mass is 10.2. The minimum atomic E-state index is -3.50. The third kappa shape index (κ3) is 4.06. The van der Waals surface area contributed by atoms with Gasteiger partial charge in [0.25, 0.3) is 10.1 Å². The first kappa shape index (κ1) is 12.9. The van der Waals surface area contributed by atoms with Crippen LogP contribution in [0.4, 0.5) is 0 Å². The molecule has 0 bridgehead atoms. The van der Waals surface area contributed by atoms with Crippen molar-refractivity contribution in [3.8, 4) is 0 Å². The van der Waals surface area contributed by atoms with Gasteiger partial charge in [0.15, 0.2) is 0 Å². The highest BCUT2D eigenvalue weighted by atomic mass is 32.2. The van der Waals surface area contributed by atoms with Crippen molar-refractivity contribution in [2.45, 2.75) is 18.9 Å². The van der Waals surface area contributed by atoms with E-state index in [0.717, 1.165) is 18.9 Å². The molecule has 0 unspecified atom stereocenters. The van der Waals surface area contributed by atoms with Gasteiger partial charge in [0.1, 0.15) is 0 Å². The smallest absolute Gasteiger partial charge is 0.264 e. The lowest BCUT2D eigenvalue weighted by molar-refractivity contribution is 0.239. The molecule has 8 heteroatoms. The fourth-order valence-electron chi connectivity index (χ4n) is 1.61. The van der Waals surface area contributed by atoms with Gasteiger partial charge in [-0.15, -0.1) is 0 Å². The van der Waals surface area contributed by atoms with E-state index in [9.17, 15) is 16.8 Å². The normalized spacial score (nSPS) is 24.5. The van der Waals surface area contributed by atoms with Crippen LogP contribution in [0, 0.1) is 0 Å². The van der Waals surface area contributed by atoms with Crippen LogP contribution in [0.15, 0.2) is 0 Å². The maximum atomic E-state index is 11.3. The second kappa shape index (κ2) is 4.36. The summed E-state index contributed by atoms with van der Waals surface area (Å²) in [4.78, 5) is 0. The molecule has 0 aromatic carbocycles. The minimum Gasteiger partial charge on any atom is -0.269 e. The van der Waals surface area contributed by atoms with Crippen LogP contribution < -0.4 is 0 Å². The second-order valence-electron chi connectivity index (χ2n) is 3.66. The summed E-state index contributed by atoms with van der Waals surface area (Å²) in [6.07, 6.45) is 3.45. The van der Waals surface area contributed by atoms with Crippen LogP contribution in [-0.2, 0) is 24.3 Å². The Morgan fingerprint density at radius 1 is 1.27 bits per heavy atom. The van der Waals surface area contributed by atoms with Gasteiger partial charge in [-0.2, -0.15) is 12.7 Å². The Bertz CT molecular complexity index is 413. The molecule has 0 spiro atoms. The SMILES string of the molecule is CS(=O)(=O)OC[C@@H]1CCCN1S(C)(=O)=O. The minimum absolute atomic E-state index is 0.0914. The van der Waals surface area contributed by atoms with E-state index in [2.05, 4.69) is 4.18 Å². The summed E-state index contributed by atoms with van der Waals surface area (Å²) in [6.45, 7) is 0.350. The third-order valence-electron chi connectivity index (χ3n) is 2.22. The molecule has 90 valence electrons. The van der Waals surface area contributed by atoms with Gasteiger partial charge in [-0.3, -0.25) is 4.18 Å². The Kier molecular flexibility index (Phi) is 3.75. The zero-order valence-corrected chi connectivity index (χ0v) is 10.3. The van der Waals surface area contributed by atoms with Crippen molar-refractivity contribution in [3.05, 3.63) is 0 Å². The molecule has 1 atom stereocenters. The fourth-order valence-corrected chi connectivity index (χ4v) is 3.19. The monoisotopic (exact) mass is 257 g/mol. The van der Waals surface area contributed by atoms with Crippen LogP contribution >= 0.6 is 0 Å². The molecule has 0 aromatic rings. The van der Waals surface area contributed by atoms with E-state index < -0.39 is 20.1 Å². The highest BCUT2D eigenvalue weighted by Crippen LogP contribution is 2.20. The average molecular weight is 257 g/mol. The number of hydrogen-bond donors (Lipinski definition) is 0. The number of nitrogens with zero attached hydrogens (tertiary/aromatic N) is 1. The molecule has 1 saturated heterocycles. The summed E-state index contributed by atoms with van der Waals surface area (Å²) in [7, 11) is -6.76. The summed E-state index contributed by atoms with van der Waals surface area (Å²) < 4.78 is 50.0. The zero-order chi connectivity index (χ0) is 11.7. The first-order valence-electron chi connectivity index (χ1n) is 4.51. The van der Waals surface area contributed by atoms with Crippen LogP contribution in [0.5, 0.6) is 0 Å². The van der Waals surface area contributed by atoms with Gasteiger partial charge in [-0.05, 0) is 12.8 Å². The van der Waals surface area contributed by atoms with E-state index in [1.807, 2.05) is 0 Å². The van der Waals surface area contributed by atoms with E-state index in [0.29, 0.717) is 13.0 Å². The molecular formula is C7H15NO5S2. The van der Waals surface area contributed by atoms with Crippen LogP contribution in [0.25, 0.3) is 0 Å². The number of hydrogen-bond acceptors (Lipinski definition) is 5. The molecule has 1 rings (SSSR count). The second-order valence-corrected chi connectivity index (χ2v) is 7.24. The third-order valence-corrected chi connectivity index (χ3v) is 4.12. The van der Waals surface area contributed by atoms with Gasteiger partial charge < -0.3 is 0 Å². The van der Waals surface area contributed by atoms with Gasteiger partial charge >= 0.3 is 0 Å². The van der Waals surface area contributed by atoms with E-state index >= 15 is 0 Å². The number of sulfonamides is 1. The molecule has 0 amide bonds. The van der Waals surface area contributed by atoms with Crippen molar-refractivity contribution in [1.82, 2.24) is 4.31 Å². The Morgan fingerprint density at radius 2 is 1.87 bits per heavy atom. The molecule has 15 heavy (non-hydrogen) atoms. The molecule has 1 aliphatic heterocycles. The van der Waals surface area contributed by atoms with Crippen molar-refractivity contribution in [1.29, 1.82) is 0 Å². The molecule has 0 aliphatic carbocycles. The van der Waals surface area contributed by atoms with Gasteiger partial charge in [-0.1, -0.05) is 0 Å². The fraction of sp³-hybridized carbons (Fsp3) is 1.00. The zero-order valence-electron chi connectivity index (χ0n) is 8.71. The summed E-state index contributed by atoms with van der Waals surface area (Å²) in [5.41, 5.74) is 0. The van der Waals surface area contributed by atoms with Crippen LogP contribution in [0.3, 0.4) is 0 Å². The maximum absolute atomic E-state index is 11.3. The van der Waals surface area contributed by atoms with Crippen molar-refractivity contribution in [2.75, 3.05) is 25.7 Å². The van der Waals surface area contributed by atoms with Gasteiger partial charge in [-0.25, -0.2) is 8.42 Å². The first-order chi connectivity index (χ1) is 6.70.